The lowest BCUT2D eigenvalue weighted by molar-refractivity contribution is -0.286. The number of fused-ring (bicyclic) bond motifs is 1. The van der Waals surface area contributed by atoms with Gasteiger partial charge in [-0.2, -0.15) is 0 Å². The zero-order valence-corrected chi connectivity index (χ0v) is 13.8. The van der Waals surface area contributed by atoms with Crippen molar-refractivity contribution in [3.63, 3.8) is 0 Å². The number of nitrogens with one attached hydrogen (secondary N) is 1. The fraction of sp³-hybridized carbons (Fsp3) is 0.316. The van der Waals surface area contributed by atoms with Gasteiger partial charge in [0.15, 0.2) is 11.5 Å². The second kappa shape index (κ2) is 6.57. The summed E-state index contributed by atoms with van der Waals surface area (Å²) >= 11 is 0. The minimum absolute atomic E-state index is 0.00522. The Morgan fingerprint density at radius 1 is 1.08 bits per heavy atom. The second-order valence-electron chi connectivity index (χ2n) is 6.35. The van der Waals surface area contributed by atoms with E-state index >= 15 is 0 Å². The standard InChI is InChI=1S/C19H17F2NO4/c20-19(21)25-16-6-5-15(9-17(16)26-19)13-1-3-14(4-2-13)18(23)22-10-12-7-8-24-11-12/h1-6,9,12H,7-8,10-11H2,(H,22,23). The first-order valence-electron chi connectivity index (χ1n) is 8.36. The van der Waals surface area contributed by atoms with Gasteiger partial charge in [-0.15, -0.1) is 8.78 Å². The van der Waals surface area contributed by atoms with Gasteiger partial charge in [-0.25, -0.2) is 0 Å². The molecular weight excluding hydrogens is 344 g/mol. The van der Waals surface area contributed by atoms with Crippen molar-refractivity contribution in [3.05, 3.63) is 48.0 Å². The van der Waals surface area contributed by atoms with Crippen molar-refractivity contribution in [3.8, 4) is 22.6 Å². The van der Waals surface area contributed by atoms with Gasteiger partial charge in [-0.1, -0.05) is 18.2 Å². The van der Waals surface area contributed by atoms with Gasteiger partial charge in [-0.05, 0) is 41.8 Å². The van der Waals surface area contributed by atoms with Gasteiger partial charge in [0.2, 0.25) is 0 Å². The lowest BCUT2D eigenvalue weighted by Gasteiger charge is -2.10. The Morgan fingerprint density at radius 3 is 2.54 bits per heavy atom. The number of hydrogen-bond donors (Lipinski definition) is 1. The first kappa shape index (κ1) is 16.8. The van der Waals surface area contributed by atoms with Gasteiger partial charge in [0.25, 0.3) is 5.91 Å². The first-order chi connectivity index (χ1) is 12.5. The van der Waals surface area contributed by atoms with Crippen molar-refractivity contribution in [1.82, 2.24) is 5.32 Å². The van der Waals surface area contributed by atoms with Crippen LogP contribution in [0.25, 0.3) is 11.1 Å². The van der Waals surface area contributed by atoms with Crippen LogP contribution in [0.15, 0.2) is 42.5 Å². The molecule has 0 bridgehead atoms. The molecule has 2 heterocycles. The van der Waals surface area contributed by atoms with Crippen LogP contribution in [0.1, 0.15) is 16.8 Å². The van der Waals surface area contributed by atoms with Crippen LogP contribution in [-0.2, 0) is 4.74 Å². The lowest BCUT2D eigenvalue weighted by atomic mass is 10.0. The fourth-order valence-corrected chi connectivity index (χ4v) is 3.03. The van der Waals surface area contributed by atoms with Crippen LogP contribution in [-0.4, -0.2) is 32.0 Å². The monoisotopic (exact) mass is 361 g/mol. The van der Waals surface area contributed by atoms with E-state index in [9.17, 15) is 13.6 Å². The molecule has 26 heavy (non-hydrogen) atoms. The molecule has 7 heteroatoms. The maximum absolute atomic E-state index is 13.1. The molecule has 1 saturated heterocycles. The van der Waals surface area contributed by atoms with E-state index in [2.05, 4.69) is 14.8 Å². The molecule has 4 rings (SSSR count). The molecule has 2 aromatic carbocycles. The summed E-state index contributed by atoms with van der Waals surface area (Å²) in [5, 5.41) is 2.90. The van der Waals surface area contributed by atoms with E-state index < -0.39 is 6.29 Å². The predicted octanol–water partition coefficient (Wildman–Crippen LogP) is 3.44. The number of halogens is 2. The van der Waals surface area contributed by atoms with Crippen LogP contribution in [0.2, 0.25) is 0 Å². The fourth-order valence-electron chi connectivity index (χ4n) is 3.03. The third-order valence-corrected chi connectivity index (χ3v) is 4.46. The van der Waals surface area contributed by atoms with Crippen LogP contribution >= 0.6 is 0 Å². The maximum Gasteiger partial charge on any atom is 0.586 e. The van der Waals surface area contributed by atoms with Gasteiger partial charge in [0.1, 0.15) is 0 Å². The Bertz CT molecular complexity index is 817. The molecule has 1 atom stereocenters. The zero-order chi connectivity index (χ0) is 18.1. The number of benzene rings is 2. The SMILES string of the molecule is O=C(NCC1CCOC1)c1ccc(-c2ccc3c(c2)OC(F)(F)O3)cc1. The Hall–Kier alpha value is -2.67. The highest BCUT2D eigenvalue weighted by Gasteiger charge is 2.43. The highest BCUT2D eigenvalue weighted by molar-refractivity contribution is 5.94. The van der Waals surface area contributed by atoms with Gasteiger partial charge < -0.3 is 19.5 Å². The summed E-state index contributed by atoms with van der Waals surface area (Å²) in [6.07, 6.45) is -2.67. The van der Waals surface area contributed by atoms with Crippen LogP contribution in [0.4, 0.5) is 8.78 Å². The Kier molecular flexibility index (Phi) is 4.24. The molecule has 1 amide bonds. The van der Waals surface area contributed by atoms with Crippen molar-refractivity contribution < 1.29 is 27.8 Å². The molecule has 2 aromatic rings. The highest BCUT2D eigenvalue weighted by Crippen LogP contribution is 2.42. The zero-order valence-electron chi connectivity index (χ0n) is 13.8. The van der Waals surface area contributed by atoms with Crippen molar-refractivity contribution in [2.45, 2.75) is 12.7 Å². The second-order valence-corrected chi connectivity index (χ2v) is 6.35. The van der Waals surface area contributed by atoms with E-state index in [-0.39, 0.29) is 17.4 Å². The van der Waals surface area contributed by atoms with Gasteiger partial charge in [-0.3, -0.25) is 4.79 Å². The highest BCUT2D eigenvalue weighted by atomic mass is 19.3. The van der Waals surface area contributed by atoms with E-state index in [1.807, 2.05) is 0 Å². The average Bonchev–Trinajstić information content (AvgIpc) is 3.24. The summed E-state index contributed by atoms with van der Waals surface area (Å²) in [6, 6.07) is 11.5. The van der Waals surface area contributed by atoms with Gasteiger partial charge in [0.05, 0.1) is 6.61 Å². The largest absolute Gasteiger partial charge is 0.586 e. The van der Waals surface area contributed by atoms with Crippen LogP contribution in [0, 0.1) is 5.92 Å². The summed E-state index contributed by atoms with van der Waals surface area (Å²) in [5.74, 6) is 0.220. The molecule has 1 unspecified atom stereocenters. The Labute approximate surface area is 148 Å². The number of alkyl halides is 2. The summed E-state index contributed by atoms with van der Waals surface area (Å²) in [5.41, 5.74) is 2.02. The smallest absolute Gasteiger partial charge is 0.395 e. The van der Waals surface area contributed by atoms with Crippen molar-refractivity contribution in [1.29, 1.82) is 0 Å². The molecule has 1 N–H and O–H groups in total. The summed E-state index contributed by atoms with van der Waals surface area (Å²) < 4.78 is 40.3. The first-order valence-corrected chi connectivity index (χ1v) is 8.36. The van der Waals surface area contributed by atoms with Crippen molar-refractivity contribution in [2.24, 2.45) is 5.92 Å². The Morgan fingerprint density at radius 2 is 1.81 bits per heavy atom. The minimum atomic E-state index is -3.63. The van der Waals surface area contributed by atoms with Gasteiger partial charge in [0, 0.05) is 24.6 Å². The lowest BCUT2D eigenvalue weighted by Crippen LogP contribution is -2.29. The quantitative estimate of drug-likeness (QED) is 0.906. The molecule has 5 nitrogen and oxygen atoms in total. The number of carbonyl (C=O) groups is 1. The normalized spacial score (nSPS) is 20.2. The number of hydrogen-bond acceptors (Lipinski definition) is 4. The van der Waals surface area contributed by atoms with E-state index in [0.717, 1.165) is 18.6 Å². The molecule has 2 aliphatic heterocycles. The Balaban J connectivity index is 1.44. The van der Waals surface area contributed by atoms with Crippen LogP contribution in [0.5, 0.6) is 11.5 Å². The van der Waals surface area contributed by atoms with Gasteiger partial charge >= 0.3 is 6.29 Å². The van der Waals surface area contributed by atoms with Crippen LogP contribution in [0.3, 0.4) is 0 Å². The molecular formula is C19H17F2NO4. The number of rotatable bonds is 4. The van der Waals surface area contributed by atoms with Crippen molar-refractivity contribution >= 4 is 5.91 Å². The molecule has 0 spiro atoms. The molecule has 0 aromatic heterocycles. The molecule has 1 fully saturated rings. The summed E-state index contributed by atoms with van der Waals surface area (Å²) in [6.45, 7) is 2.02. The number of carbonyl (C=O) groups excluding carboxylic acids is 1. The molecule has 0 saturated carbocycles. The molecule has 0 aliphatic carbocycles. The number of ether oxygens (including phenoxy) is 3. The maximum atomic E-state index is 13.1. The van der Waals surface area contributed by atoms with E-state index in [0.29, 0.717) is 30.2 Å². The summed E-state index contributed by atoms with van der Waals surface area (Å²) in [7, 11) is 0. The van der Waals surface area contributed by atoms with E-state index in [4.69, 9.17) is 4.74 Å². The van der Waals surface area contributed by atoms with Crippen LogP contribution < -0.4 is 14.8 Å². The predicted molar refractivity (Wildman–Crippen MR) is 89.3 cm³/mol. The third-order valence-electron chi connectivity index (χ3n) is 4.46. The van der Waals surface area contributed by atoms with E-state index in [1.165, 1.54) is 12.1 Å². The summed E-state index contributed by atoms with van der Waals surface area (Å²) in [4.78, 5) is 12.2. The molecule has 0 radical (unpaired) electrons. The molecule has 2 aliphatic rings. The average molecular weight is 361 g/mol. The third kappa shape index (κ3) is 3.48. The topological polar surface area (TPSA) is 56.8 Å². The van der Waals surface area contributed by atoms with E-state index in [1.54, 1.807) is 30.3 Å². The molecule has 136 valence electrons. The minimum Gasteiger partial charge on any atom is -0.395 e. The number of amides is 1. The van der Waals surface area contributed by atoms with Crippen molar-refractivity contribution in [2.75, 3.05) is 19.8 Å².